The summed E-state index contributed by atoms with van der Waals surface area (Å²) in [5.41, 5.74) is 7.60. The minimum Gasteiger partial charge on any atom is -0.341 e. The molecule has 0 N–H and O–H groups in total. The largest absolute Gasteiger partial charge is 0.341 e. The third-order valence-electron chi connectivity index (χ3n) is 9.71. The number of allylic oxidation sites excluding steroid dienone is 4. The number of nitrogens with zero attached hydrogens (tertiary/aromatic N) is 1. The zero-order valence-corrected chi connectivity index (χ0v) is 23.2. The van der Waals surface area contributed by atoms with Crippen LogP contribution in [0.25, 0.3) is 0 Å². The number of carbonyl (C=O) groups excluding carboxylic acids is 2. The summed E-state index contributed by atoms with van der Waals surface area (Å²) in [4.78, 5) is 28.5. The average molecular weight is 508 g/mol. The smallest absolute Gasteiger partial charge is 0.162 e. The fourth-order valence-electron chi connectivity index (χ4n) is 7.39. The van der Waals surface area contributed by atoms with E-state index in [-0.39, 0.29) is 17.3 Å². The van der Waals surface area contributed by atoms with E-state index in [1.165, 1.54) is 28.1 Å². The lowest BCUT2D eigenvalue weighted by Crippen LogP contribution is -2.26. The van der Waals surface area contributed by atoms with E-state index in [0.29, 0.717) is 29.8 Å². The molecule has 0 amide bonds. The standard InChI is InChI=1S/C35H41NO2/c1-35(2,3)29-9-6-10-30(22-29)36-18-17-27-19-26(15-16-32(27)36)31-20-28(21-33(31)37)23-11-13-25(14-12-23)34(38)24-7-4-5-8-24/h4-7,9-10,15-16,19,22-23,25,28,31H,8,11-14,17-18,20-21H2,1-3H3. The Morgan fingerprint density at radius 3 is 2.53 bits per heavy atom. The van der Waals surface area contributed by atoms with Crippen LogP contribution in [0, 0.1) is 17.8 Å². The minimum atomic E-state index is 0.0395. The molecule has 38 heavy (non-hydrogen) atoms. The molecular formula is C35H41NO2. The lowest BCUT2D eigenvalue weighted by molar-refractivity contribution is -0.121. The van der Waals surface area contributed by atoms with Gasteiger partial charge in [-0.05, 0) is 103 Å². The fraction of sp³-hybridized carbons (Fsp3) is 0.486. The molecule has 198 valence electrons. The van der Waals surface area contributed by atoms with Gasteiger partial charge in [-0.3, -0.25) is 9.59 Å². The molecule has 3 heteroatoms. The van der Waals surface area contributed by atoms with Crippen LogP contribution in [0.5, 0.6) is 0 Å². The molecule has 3 aliphatic carbocycles. The van der Waals surface area contributed by atoms with Crippen LogP contribution in [0.3, 0.4) is 0 Å². The third-order valence-corrected chi connectivity index (χ3v) is 9.71. The third kappa shape index (κ3) is 4.81. The fourth-order valence-corrected chi connectivity index (χ4v) is 7.39. The molecule has 2 fully saturated rings. The highest BCUT2D eigenvalue weighted by Crippen LogP contribution is 2.46. The topological polar surface area (TPSA) is 37.4 Å². The molecule has 0 spiro atoms. The van der Waals surface area contributed by atoms with Gasteiger partial charge in [0.2, 0.25) is 0 Å². The van der Waals surface area contributed by atoms with E-state index >= 15 is 0 Å². The van der Waals surface area contributed by atoms with E-state index in [9.17, 15) is 9.59 Å². The Labute approximate surface area is 228 Å². The van der Waals surface area contributed by atoms with Crippen molar-refractivity contribution in [1.82, 2.24) is 0 Å². The van der Waals surface area contributed by atoms with Gasteiger partial charge in [0, 0.05) is 36.2 Å². The second kappa shape index (κ2) is 9.98. The van der Waals surface area contributed by atoms with Gasteiger partial charge >= 0.3 is 0 Å². The monoisotopic (exact) mass is 507 g/mol. The van der Waals surface area contributed by atoms with Crippen LogP contribution >= 0.6 is 0 Å². The van der Waals surface area contributed by atoms with Crippen molar-refractivity contribution in [3.63, 3.8) is 0 Å². The van der Waals surface area contributed by atoms with Crippen LogP contribution in [0.4, 0.5) is 11.4 Å². The Kier molecular flexibility index (Phi) is 6.66. The van der Waals surface area contributed by atoms with Crippen molar-refractivity contribution >= 4 is 22.9 Å². The van der Waals surface area contributed by atoms with Crippen LogP contribution in [0.15, 0.2) is 66.3 Å². The molecule has 3 nitrogen and oxygen atoms in total. The highest BCUT2D eigenvalue weighted by atomic mass is 16.1. The Balaban J connectivity index is 1.11. The summed E-state index contributed by atoms with van der Waals surface area (Å²) in [5.74, 6) is 2.07. The minimum absolute atomic E-state index is 0.0395. The summed E-state index contributed by atoms with van der Waals surface area (Å²) in [6.45, 7) is 7.78. The SMILES string of the molecule is CC(C)(C)c1cccc(N2CCc3cc(C4CC(C5CCC(C(=O)C6=CC=CC6)CC5)CC4=O)ccc32)c1. The van der Waals surface area contributed by atoms with E-state index in [2.05, 4.69) is 74.2 Å². The highest BCUT2D eigenvalue weighted by Gasteiger charge is 2.40. The van der Waals surface area contributed by atoms with Gasteiger partial charge < -0.3 is 4.90 Å². The first kappa shape index (κ1) is 25.3. The molecule has 2 aromatic rings. The number of fused-ring (bicyclic) bond motifs is 1. The van der Waals surface area contributed by atoms with Gasteiger partial charge in [0.15, 0.2) is 5.78 Å². The summed E-state index contributed by atoms with van der Waals surface area (Å²) in [5, 5.41) is 0. The molecule has 0 saturated heterocycles. The normalized spacial score (nSPS) is 27.1. The summed E-state index contributed by atoms with van der Waals surface area (Å²) in [6, 6.07) is 15.7. The van der Waals surface area contributed by atoms with Crippen molar-refractivity contribution in [2.75, 3.05) is 11.4 Å². The van der Waals surface area contributed by atoms with Crippen molar-refractivity contribution < 1.29 is 9.59 Å². The van der Waals surface area contributed by atoms with Crippen molar-refractivity contribution in [2.45, 2.75) is 83.5 Å². The highest BCUT2D eigenvalue weighted by molar-refractivity contribution is 5.98. The first-order chi connectivity index (χ1) is 18.3. The molecule has 6 rings (SSSR count). The molecule has 2 atom stereocenters. The van der Waals surface area contributed by atoms with Gasteiger partial charge in [-0.2, -0.15) is 0 Å². The summed E-state index contributed by atoms with van der Waals surface area (Å²) in [7, 11) is 0. The van der Waals surface area contributed by atoms with Gasteiger partial charge in [-0.15, -0.1) is 0 Å². The predicted molar refractivity (Wildman–Crippen MR) is 155 cm³/mol. The number of carbonyl (C=O) groups is 2. The second-order valence-corrected chi connectivity index (χ2v) is 13.1. The van der Waals surface area contributed by atoms with Crippen LogP contribution in [-0.2, 0) is 21.4 Å². The zero-order chi connectivity index (χ0) is 26.4. The molecule has 0 radical (unpaired) electrons. The molecule has 0 aromatic heterocycles. The molecule has 0 bridgehead atoms. The van der Waals surface area contributed by atoms with Crippen LogP contribution in [0.1, 0.15) is 88.3 Å². The van der Waals surface area contributed by atoms with Crippen molar-refractivity contribution in [3.05, 3.63) is 83.0 Å². The van der Waals surface area contributed by atoms with Gasteiger partial charge in [0.1, 0.15) is 5.78 Å². The maximum Gasteiger partial charge on any atom is 0.162 e. The number of benzene rings is 2. The second-order valence-electron chi connectivity index (χ2n) is 13.1. The summed E-state index contributed by atoms with van der Waals surface area (Å²) < 4.78 is 0. The number of Topliss-reactive ketones (excluding diaryl/α,β-unsaturated/α-hetero) is 2. The first-order valence-corrected chi connectivity index (χ1v) is 14.7. The van der Waals surface area contributed by atoms with E-state index < -0.39 is 0 Å². The number of rotatable bonds is 5. The molecule has 1 aliphatic heterocycles. The molecule has 4 aliphatic rings. The molecule has 1 heterocycles. The molecule has 2 aromatic carbocycles. The number of ketones is 2. The molecule has 2 saturated carbocycles. The van der Waals surface area contributed by atoms with Crippen molar-refractivity contribution in [2.24, 2.45) is 17.8 Å². The van der Waals surface area contributed by atoms with E-state index in [0.717, 1.165) is 57.1 Å². The van der Waals surface area contributed by atoms with Gasteiger partial charge in [-0.1, -0.05) is 63.3 Å². The lowest BCUT2D eigenvalue weighted by Gasteiger charge is -2.31. The first-order valence-electron chi connectivity index (χ1n) is 14.7. The maximum atomic E-state index is 13.2. The number of anilines is 2. The van der Waals surface area contributed by atoms with Gasteiger partial charge in [0.05, 0.1) is 0 Å². The maximum absolute atomic E-state index is 13.2. The average Bonchev–Trinajstić information content (AvgIpc) is 3.68. The van der Waals surface area contributed by atoms with E-state index in [1.807, 2.05) is 12.2 Å². The Hall–Kier alpha value is -2.94. The van der Waals surface area contributed by atoms with Crippen LogP contribution in [0.2, 0.25) is 0 Å². The lowest BCUT2D eigenvalue weighted by atomic mass is 9.73. The van der Waals surface area contributed by atoms with Gasteiger partial charge in [-0.25, -0.2) is 0 Å². The summed E-state index contributed by atoms with van der Waals surface area (Å²) >= 11 is 0. The Bertz CT molecular complexity index is 1300. The Morgan fingerprint density at radius 1 is 0.974 bits per heavy atom. The van der Waals surface area contributed by atoms with Crippen molar-refractivity contribution in [3.8, 4) is 0 Å². The van der Waals surface area contributed by atoms with Crippen LogP contribution < -0.4 is 4.90 Å². The molecule has 2 unspecified atom stereocenters. The predicted octanol–water partition coefficient (Wildman–Crippen LogP) is 8.00. The van der Waals surface area contributed by atoms with Crippen molar-refractivity contribution in [1.29, 1.82) is 0 Å². The number of hydrogen-bond donors (Lipinski definition) is 0. The van der Waals surface area contributed by atoms with E-state index in [4.69, 9.17) is 0 Å². The quantitative estimate of drug-likeness (QED) is 0.411. The zero-order valence-electron chi connectivity index (χ0n) is 23.2. The van der Waals surface area contributed by atoms with E-state index in [1.54, 1.807) is 0 Å². The molecular weight excluding hydrogens is 466 g/mol. The number of hydrogen-bond acceptors (Lipinski definition) is 3. The van der Waals surface area contributed by atoms with Gasteiger partial charge in [0.25, 0.3) is 0 Å². The van der Waals surface area contributed by atoms with Crippen LogP contribution in [-0.4, -0.2) is 18.1 Å². The Morgan fingerprint density at radius 2 is 1.79 bits per heavy atom. The summed E-state index contributed by atoms with van der Waals surface area (Å²) in [6.07, 6.45) is 13.8.